The van der Waals surface area contributed by atoms with E-state index in [0.717, 1.165) is 44.9 Å². The summed E-state index contributed by atoms with van der Waals surface area (Å²) in [5.41, 5.74) is 5.82. The van der Waals surface area contributed by atoms with Gasteiger partial charge in [0.25, 0.3) is 0 Å². The minimum absolute atomic E-state index is 0.222. The molecule has 17 heavy (non-hydrogen) atoms. The van der Waals surface area contributed by atoms with Crippen LogP contribution in [-0.2, 0) is 0 Å². The van der Waals surface area contributed by atoms with Crippen molar-refractivity contribution < 1.29 is 9.13 Å². The van der Waals surface area contributed by atoms with Crippen LogP contribution in [0.5, 0.6) is 6.01 Å². The Morgan fingerprint density at radius 3 is 2.65 bits per heavy atom. The van der Waals surface area contributed by atoms with Crippen molar-refractivity contribution in [3.05, 3.63) is 18.2 Å². The lowest BCUT2D eigenvalue weighted by Crippen LogP contribution is -2.41. The van der Waals surface area contributed by atoms with E-state index in [2.05, 4.69) is 14.9 Å². The van der Waals surface area contributed by atoms with Crippen molar-refractivity contribution in [1.82, 2.24) is 14.9 Å². The molecule has 0 spiro atoms. The molecule has 2 rings (SSSR count). The number of nitrogens with two attached hydrogens (primary N) is 1. The molecule has 1 aromatic heterocycles. The first-order chi connectivity index (χ1) is 8.24. The van der Waals surface area contributed by atoms with Gasteiger partial charge in [0, 0.05) is 12.6 Å². The molecule has 0 aromatic carbocycles. The summed E-state index contributed by atoms with van der Waals surface area (Å²) in [4.78, 5) is 9.75. The molecule has 6 heteroatoms. The summed E-state index contributed by atoms with van der Waals surface area (Å²) < 4.78 is 17.9. The number of rotatable bonds is 4. The Morgan fingerprint density at radius 1 is 1.35 bits per heavy atom. The smallest absolute Gasteiger partial charge is 0.316 e. The first kappa shape index (κ1) is 12.2. The average Bonchev–Trinajstić information content (AvgIpc) is 2.34. The van der Waals surface area contributed by atoms with Crippen molar-refractivity contribution in [3.63, 3.8) is 0 Å². The zero-order chi connectivity index (χ0) is 12.1. The monoisotopic (exact) mass is 240 g/mol. The molecule has 2 heterocycles. The molecule has 1 aromatic rings. The SMILES string of the molecule is NC1CCN(CCOc2ncc(F)cn2)CC1. The summed E-state index contributed by atoms with van der Waals surface area (Å²) >= 11 is 0. The molecule has 0 saturated carbocycles. The second kappa shape index (κ2) is 5.88. The van der Waals surface area contributed by atoms with Gasteiger partial charge < -0.3 is 10.5 Å². The van der Waals surface area contributed by atoms with Crippen LogP contribution >= 0.6 is 0 Å². The van der Waals surface area contributed by atoms with E-state index < -0.39 is 5.82 Å². The van der Waals surface area contributed by atoms with Gasteiger partial charge in [-0.2, -0.15) is 0 Å². The van der Waals surface area contributed by atoms with Crippen LogP contribution in [0.2, 0.25) is 0 Å². The minimum Gasteiger partial charge on any atom is -0.462 e. The number of nitrogens with zero attached hydrogens (tertiary/aromatic N) is 3. The molecule has 0 bridgehead atoms. The fourth-order valence-electron chi connectivity index (χ4n) is 1.82. The third-order valence-electron chi connectivity index (χ3n) is 2.87. The largest absolute Gasteiger partial charge is 0.462 e. The molecule has 0 aliphatic carbocycles. The summed E-state index contributed by atoms with van der Waals surface area (Å²) in [7, 11) is 0. The predicted octanol–water partition coefficient (Wildman–Crippen LogP) is 0.418. The van der Waals surface area contributed by atoms with E-state index in [9.17, 15) is 4.39 Å². The molecule has 0 amide bonds. The maximum atomic E-state index is 12.5. The quantitative estimate of drug-likeness (QED) is 0.826. The highest BCUT2D eigenvalue weighted by Gasteiger charge is 2.15. The topological polar surface area (TPSA) is 64.3 Å². The highest BCUT2D eigenvalue weighted by Crippen LogP contribution is 2.08. The molecule has 94 valence electrons. The van der Waals surface area contributed by atoms with E-state index >= 15 is 0 Å². The zero-order valence-corrected chi connectivity index (χ0v) is 9.68. The van der Waals surface area contributed by atoms with Crippen LogP contribution in [-0.4, -0.2) is 47.2 Å². The summed E-state index contributed by atoms with van der Waals surface area (Å²) in [6.07, 6.45) is 4.27. The molecule has 0 unspecified atom stereocenters. The van der Waals surface area contributed by atoms with Gasteiger partial charge in [0.1, 0.15) is 6.61 Å². The maximum Gasteiger partial charge on any atom is 0.316 e. The number of aromatic nitrogens is 2. The van der Waals surface area contributed by atoms with Crippen molar-refractivity contribution in [2.45, 2.75) is 18.9 Å². The Balaban J connectivity index is 1.67. The highest BCUT2D eigenvalue weighted by molar-refractivity contribution is 4.95. The summed E-state index contributed by atoms with van der Waals surface area (Å²) in [5.74, 6) is -0.456. The lowest BCUT2D eigenvalue weighted by molar-refractivity contribution is 0.168. The van der Waals surface area contributed by atoms with Crippen LogP contribution < -0.4 is 10.5 Å². The van der Waals surface area contributed by atoms with Gasteiger partial charge in [0.05, 0.1) is 12.4 Å². The number of halogens is 1. The number of ether oxygens (including phenoxy) is 1. The molecule has 1 saturated heterocycles. The first-order valence-electron chi connectivity index (χ1n) is 5.82. The number of hydrogen-bond donors (Lipinski definition) is 1. The molecular weight excluding hydrogens is 223 g/mol. The third kappa shape index (κ3) is 3.90. The molecule has 2 N–H and O–H groups in total. The van der Waals surface area contributed by atoms with Gasteiger partial charge in [-0.05, 0) is 25.9 Å². The first-order valence-corrected chi connectivity index (χ1v) is 5.82. The molecule has 1 aliphatic rings. The van der Waals surface area contributed by atoms with Crippen LogP contribution in [0, 0.1) is 5.82 Å². The Morgan fingerprint density at radius 2 is 2.00 bits per heavy atom. The Kier molecular flexibility index (Phi) is 4.22. The standard InChI is InChI=1S/C11H17FN4O/c12-9-7-14-11(15-8-9)17-6-5-16-3-1-10(13)2-4-16/h7-8,10H,1-6,13H2. The van der Waals surface area contributed by atoms with Gasteiger partial charge in [0.15, 0.2) is 5.82 Å². The Bertz CT molecular complexity index is 338. The fraction of sp³-hybridized carbons (Fsp3) is 0.636. The van der Waals surface area contributed by atoms with Crippen LogP contribution in [0.15, 0.2) is 12.4 Å². The van der Waals surface area contributed by atoms with E-state index in [0.29, 0.717) is 12.6 Å². The summed E-state index contributed by atoms with van der Waals surface area (Å²) in [5, 5.41) is 0. The second-order valence-electron chi connectivity index (χ2n) is 4.21. The number of hydrogen-bond acceptors (Lipinski definition) is 5. The molecular formula is C11H17FN4O. The predicted molar refractivity (Wildman–Crippen MR) is 61.1 cm³/mol. The van der Waals surface area contributed by atoms with Crippen LogP contribution in [0.4, 0.5) is 4.39 Å². The lowest BCUT2D eigenvalue weighted by atomic mass is 10.1. The normalized spacial score (nSPS) is 18.2. The van der Waals surface area contributed by atoms with Crippen LogP contribution in [0.1, 0.15) is 12.8 Å². The Labute approximate surface area is 99.8 Å². The van der Waals surface area contributed by atoms with Gasteiger partial charge in [-0.1, -0.05) is 0 Å². The molecule has 1 aliphatic heterocycles. The fourth-order valence-corrected chi connectivity index (χ4v) is 1.82. The molecule has 5 nitrogen and oxygen atoms in total. The molecule has 0 radical (unpaired) electrons. The van der Waals surface area contributed by atoms with Crippen molar-refractivity contribution in [2.24, 2.45) is 5.73 Å². The minimum atomic E-state index is -0.456. The summed E-state index contributed by atoms with van der Waals surface area (Å²) in [6, 6.07) is 0.563. The summed E-state index contributed by atoms with van der Waals surface area (Å²) in [6.45, 7) is 3.36. The van der Waals surface area contributed by atoms with E-state index in [1.807, 2.05) is 0 Å². The average molecular weight is 240 g/mol. The van der Waals surface area contributed by atoms with E-state index in [1.54, 1.807) is 0 Å². The Hall–Kier alpha value is -1.27. The lowest BCUT2D eigenvalue weighted by Gasteiger charge is -2.29. The van der Waals surface area contributed by atoms with Crippen LogP contribution in [0.3, 0.4) is 0 Å². The third-order valence-corrected chi connectivity index (χ3v) is 2.87. The molecule has 0 atom stereocenters. The van der Waals surface area contributed by atoms with E-state index in [1.165, 1.54) is 0 Å². The highest BCUT2D eigenvalue weighted by atomic mass is 19.1. The van der Waals surface area contributed by atoms with Crippen LogP contribution in [0.25, 0.3) is 0 Å². The van der Waals surface area contributed by atoms with Crippen molar-refractivity contribution in [1.29, 1.82) is 0 Å². The van der Waals surface area contributed by atoms with Gasteiger partial charge >= 0.3 is 6.01 Å². The van der Waals surface area contributed by atoms with Crippen molar-refractivity contribution >= 4 is 0 Å². The zero-order valence-electron chi connectivity index (χ0n) is 9.68. The number of likely N-dealkylation sites (tertiary alicyclic amines) is 1. The van der Waals surface area contributed by atoms with Gasteiger partial charge in [-0.3, -0.25) is 4.90 Å². The van der Waals surface area contributed by atoms with Gasteiger partial charge in [-0.25, -0.2) is 14.4 Å². The van der Waals surface area contributed by atoms with Gasteiger partial charge in [-0.15, -0.1) is 0 Å². The van der Waals surface area contributed by atoms with Gasteiger partial charge in [0.2, 0.25) is 0 Å². The second-order valence-corrected chi connectivity index (χ2v) is 4.21. The number of piperidine rings is 1. The van der Waals surface area contributed by atoms with E-state index in [-0.39, 0.29) is 6.01 Å². The van der Waals surface area contributed by atoms with E-state index in [4.69, 9.17) is 10.5 Å². The molecule has 1 fully saturated rings. The van der Waals surface area contributed by atoms with Crippen molar-refractivity contribution in [3.8, 4) is 6.01 Å². The van der Waals surface area contributed by atoms with Crippen molar-refractivity contribution in [2.75, 3.05) is 26.2 Å². The maximum absolute atomic E-state index is 12.5.